The average molecular weight is 348 g/mol. The summed E-state index contributed by atoms with van der Waals surface area (Å²) in [6.07, 6.45) is 0.348. The molecule has 4 atom stereocenters. The van der Waals surface area contributed by atoms with Crippen LogP contribution in [0.25, 0.3) is 0 Å². The van der Waals surface area contributed by atoms with Crippen LogP contribution in [0, 0.1) is 17.7 Å². The molecule has 1 aromatic carbocycles. The number of morpholine rings is 1. The van der Waals surface area contributed by atoms with Crippen molar-refractivity contribution in [2.24, 2.45) is 11.8 Å². The minimum Gasteiger partial charge on any atom is -0.356 e. The Morgan fingerprint density at radius 2 is 1.76 bits per heavy atom. The van der Waals surface area contributed by atoms with Gasteiger partial charge in [-0.3, -0.25) is 9.59 Å². The smallest absolute Gasteiger partial charge is 0.254 e. The van der Waals surface area contributed by atoms with Gasteiger partial charge in [-0.25, -0.2) is 4.39 Å². The van der Waals surface area contributed by atoms with E-state index in [1.165, 1.54) is 17.0 Å². The molecule has 2 amide bonds. The number of halogens is 1. The Balaban J connectivity index is 1.87. The molecule has 5 nitrogen and oxygen atoms in total. The fourth-order valence-corrected chi connectivity index (χ4v) is 4.00. The molecule has 2 saturated heterocycles. The zero-order valence-corrected chi connectivity index (χ0v) is 14.9. The minimum atomic E-state index is -0.759. The highest BCUT2D eigenvalue weighted by Crippen LogP contribution is 2.32. The number of amides is 2. The first-order valence-corrected chi connectivity index (χ1v) is 8.78. The first-order chi connectivity index (χ1) is 11.9. The van der Waals surface area contributed by atoms with Gasteiger partial charge >= 0.3 is 0 Å². The number of carbonyl (C=O) groups excluding carboxylic acids is 2. The third kappa shape index (κ3) is 3.68. The van der Waals surface area contributed by atoms with Gasteiger partial charge in [0.15, 0.2) is 6.10 Å². The van der Waals surface area contributed by atoms with Crippen molar-refractivity contribution in [2.75, 3.05) is 26.7 Å². The van der Waals surface area contributed by atoms with Crippen LogP contribution in [0.3, 0.4) is 0 Å². The molecule has 0 spiro atoms. The number of benzene rings is 1. The summed E-state index contributed by atoms with van der Waals surface area (Å²) >= 11 is 0. The van der Waals surface area contributed by atoms with Crippen molar-refractivity contribution >= 4 is 11.8 Å². The highest BCUT2D eigenvalue weighted by Gasteiger charge is 2.42. The lowest BCUT2D eigenvalue weighted by Crippen LogP contribution is -2.55. The first kappa shape index (κ1) is 17.9. The van der Waals surface area contributed by atoms with Gasteiger partial charge < -0.3 is 14.5 Å². The molecule has 25 heavy (non-hydrogen) atoms. The molecule has 0 N–H and O–H groups in total. The van der Waals surface area contributed by atoms with Gasteiger partial charge in [0.2, 0.25) is 5.91 Å². The number of hydrogen-bond acceptors (Lipinski definition) is 3. The van der Waals surface area contributed by atoms with Crippen LogP contribution in [0.4, 0.5) is 4.39 Å². The van der Waals surface area contributed by atoms with Gasteiger partial charge in [-0.1, -0.05) is 26.0 Å². The monoisotopic (exact) mass is 348 g/mol. The average Bonchev–Trinajstić information content (AvgIpc) is 2.57. The van der Waals surface area contributed by atoms with Crippen LogP contribution in [0.1, 0.15) is 31.9 Å². The second kappa shape index (κ2) is 7.12. The summed E-state index contributed by atoms with van der Waals surface area (Å²) < 4.78 is 18.9. The van der Waals surface area contributed by atoms with Crippen LogP contribution in [0.15, 0.2) is 24.3 Å². The van der Waals surface area contributed by atoms with E-state index in [1.54, 1.807) is 19.2 Å². The summed E-state index contributed by atoms with van der Waals surface area (Å²) in [6, 6.07) is 5.37. The molecule has 6 heteroatoms. The van der Waals surface area contributed by atoms with Crippen LogP contribution < -0.4 is 0 Å². The maximum absolute atomic E-state index is 13.3. The number of carbonyl (C=O) groups is 2. The van der Waals surface area contributed by atoms with Crippen LogP contribution in [0.2, 0.25) is 0 Å². The molecule has 0 radical (unpaired) electrons. The molecule has 1 aromatic rings. The van der Waals surface area contributed by atoms with E-state index in [2.05, 4.69) is 13.8 Å². The third-order valence-corrected chi connectivity index (χ3v) is 5.12. The standard InChI is InChI=1S/C19H25FN2O3/c1-12-8-13(2)10-22(9-12)19(24)18-17(21(3)16(23)11-25-18)14-4-6-15(20)7-5-14/h4-7,12-13,17-18H,8-11H2,1-3H3/t12-,13+,17-,18+/m0/s1. The van der Waals surface area contributed by atoms with Gasteiger partial charge in [0.05, 0.1) is 6.04 Å². The molecule has 2 heterocycles. The van der Waals surface area contributed by atoms with Crippen molar-refractivity contribution in [3.63, 3.8) is 0 Å². The van der Waals surface area contributed by atoms with E-state index in [0.717, 1.165) is 6.42 Å². The van der Waals surface area contributed by atoms with E-state index >= 15 is 0 Å². The molecule has 0 aromatic heterocycles. The topological polar surface area (TPSA) is 49.9 Å². The van der Waals surface area contributed by atoms with E-state index in [0.29, 0.717) is 30.5 Å². The Morgan fingerprint density at radius 3 is 2.36 bits per heavy atom. The lowest BCUT2D eigenvalue weighted by atomic mass is 9.90. The molecule has 136 valence electrons. The summed E-state index contributed by atoms with van der Waals surface area (Å²) in [6.45, 7) is 5.59. The van der Waals surface area contributed by atoms with Gasteiger partial charge in [0.25, 0.3) is 5.91 Å². The Morgan fingerprint density at radius 1 is 1.16 bits per heavy atom. The van der Waals surface area contributed by atoms with E-state index in [9.17, 15) is 14.0 Å². The van der Waals surface area contributed by atoms with Crippen molar-refractivity contribution in [3.8, 4) is 0 Å². The molecule has 2 aliphatic rings. The summed E-state index contributed by atoms with van der Waals surface area (Å²) in [5, 5.41) is 0. The maximum Gasteiger partial charge on any atom is 0.254 e. The van der Waals surface area contributed by atoms with Gasteiger partial charge in [-0.05, 0) is 36.0 Å². The molecule has 0 bridgehead atoms. The normalized spacial score (nSPS) is 30.5. The summed E-state index contributed by atoms with van der Waals surface area (Å²) in [5.41, 5.74) is 0.702. The molecule has 2 aliphatic heterocycles. The Bertz CT molecular complexity index is 639. The molecule has 0 aliphatic carbocycles. The van der Waals surface area contributed by atoms with Crippen LogP contribution in [0.5, 0.6) is 0 Å². The van der Waals surface area contributed by atoms with Crippen molar-refractivity contribution in [2.45, 2.75) is 32.4 Å². The number of ether oxygens (including phenoxy) is 1. The fourth-order valence-electron chi connectivity index (χ4n) is 4.00. The quantitative estimate of drug-likeness (QED) is 0.824. The highest BCUT2D eigenvalue weighted by molar-refractivity contribution is 5.86. The largest absolute Gasteiger partial charge is 0.356 e. The van der Waals surface area contributed by atoms with Crippen LogP contribution >= 0.6 is 0 Å². The molecular weight excluding hydrogens is 323 g/mol. The van der Waals surface area contributed by atoms with E-state index in [-0.39, 0.29) is 24.2 Å². The highest BCUT2D eigenvalue weighted by atomic mass is 19.1. The predicted octanol–water partition coefficient (Wildman–Crippen LogP) is 2.23. The molecule has 3 rings (SSSR count). The SMILES string of the molecule is C[C@@H]1C[C@H](C)CN(C(=O)[C@@H]2OCC(=O)N(C)[C@H]2c2ccc(F)cc2)C1. The van der Waals surface area contributed by atoms with Gasteiger partial charge in [-0.2, -0.15) is 0 Å². The van der Waals surface area contributed by atoms with Crippen LogP contribution in [-0.4, -0.2) is 54.5 Å². The molecule has 2 fully saturated rings. The van der Waals surface area contributed by atoms with E-state index in [1.807, 2.05) is 4.90 Å². The molecular formula is C19H25FN2O3. The minimum absolute atomic E-state index is 0.0907. The Labute approximate surface area is 147 Å². The lowest BCUT2D eigenvalue weighted by molar-refractivity contribution is -0.168. The van der Waals surface area contributed by atoms with E-state index < -0.39 is 12.1 Å². The van der Waals surface area contributed by atoms with Crippen molar-refractivity contribution in [1.82, 2.24) is 9.80 Å². The molecule has 0 saturated carbocycles. The van der Waals surface area contributed by atoms with Gasteiger partial charge in [-0.15, -0.1) is 0 Å². The zero-order valence-electron chi connectivity index (χ0n) is 14.9. The number of nitrogens with zero attached hydrogens (tertiary/aromatic N) is 2. The zero-order chi connectivity index (χ0) is 18.1. The van der Waals surface area contributed by atoms with Gasteiger partial charge in [0.1, 0.15) is 12.4 Å². The summed E-state index contributed by atoms with van der Waals surface area (Å²) in [5.74, 6) is 0.265. The Kier molecular flexibility index (Phi) is 5.08. The number of piperidine rings is 1. The second-order valence-corrected chi connectivity index (χ2v) is 7.42. The van der Waals surface area contributed by atoms with Crippen LogP contribution in [-0.2, 0) is 14.3 Å². The van der Waals surface area contributed by atoms with E-state index in [4.69, 9.17) is 4.74 Å². The van der Waals surface area contributed by atoms with Crippen molar-refractivity contribution in [1.29, 1.82) is 0 Å². The Hall–Kier alpha value is -1.95. The number of hydrogen-bond donors (Lipinski definition) is 0. The first-order valence-electron chi connectivity index (χ1n) is 8.78. The number of likely N-dealkylation sites (tertiary alicyclic amines) is 1. The van der Waals surface area contributed by atoms with Gasteiger partial charge in [0, 0.05) is 20.1 Å². The van der Waals surface area contributed by atoms with Crippen molar-refractivity contribution < 1.29 is 18.7 Å². The number of likely N-dealkylation sites (N-methyl/N-ethyl adjacent to an activating group) is 1. The summed E-state index contributed by atoms with van der Waals surface area (Å²) in [7, 11) is 1.67. The maximum atomic E-state index is 13.3. The fraction of sp³-hybridized carbons (Fsp3) is 0.579. The number of rotatable bonds is 2. The molecule has 0 unspecified atom stereocenters. The second-order valence-electron chi connectivity index (χ2n) is 7.42. The van der Waals surface area contributed by atoms with Crippen molar-refractivity contribution in [3.05, 3.63) is 35.6 Å². The lowest BCUT2D eigenvalue weighted by Gasteiger charge is -2.42. The summed E-state index contributed by atoms with van der Waals surface area (Å²) in [4.78, 5) is 28.6. The third-order valence-electron chi connectivity index (χ3n) is 5.12. The predicted molar refractivity (Wildman–Crippen MR) is 91.2 cm³/mol.